The summed E-state index contributed by atoms with van der Waals surface area (Å²) in [6.07, 6.45) is 0.308. The monoisotopic (exact) mass is 482 g/mol. The number of ether oxygens (including phenoxy) is 2. The summed E-state index contributed by atoms with van der Waals surface area (Å²) in [6, 6.07) is 14.6. The highest BCUT2D eigenvalue weighted by molar-refractivity contribution is 5.81. The molecule has 2 aromatic carbocycles. The van der Waals surface area contributed by atoms with Crippen molar-refractivity contribution in [3.63, 3.8) is 0 Å². The summed E-state index contributed by atoms with van der Waals surface area (Å²) in [7, 11) is 0. The average Bonchev–Trinajstić information content (AvgIpc) is 2.80. The maximum atomic E-state index is 12.7. The summed E-state index contributed by atoms with van der Waals surface area (Å²) in [5, 5.41) is 5.56. The third-order valence-corrected chi connectivity index (χ3v) is 5.52. The zero-order valence-electron chi connectivity index (χ0n) is 21.6. The second kappa shape index (κ2) is 12.9. The molecule has 0 saturated carbocycles. The lowest BCUT2D eigenvalue weighted by Gasteiger charge is -2.25. The summed E-state index contributed by atoms with van der Waals surface area (Å²) < 4.78 is 10.7. The van der Waals surface area contributed by atoms with Gasteiger partial charge in [0, 0.05) is 6.54 Å². The Morgan fingerprint density at radius 1 is 0.914 bits per heavy atom. The number of alkyl carbamates (subject to hydrolysis) is 1. The van der Waals surface area contributed by atoms with E-state index in [4.69, 9.17) is 9.47 Å². The summed E-state index contributed by atoms with van der Waals surface area (Å²) in [6.45, 7) is 11.7. The zero-order chi connectivity index (χ0) is 26.0. The molecule has 2 N–H and O–H groups in total. The number of carbonyl (C=O) groups is 3. The fourth-order valence-electron chi connectivity index (χ4n) is 3.26. The van der Waals surface area contributed by atoms with Gasteiger partial charge in [-0.15, -0.1) is 0 Å². The van der Waals surface area contributed by atoms with Gasteiger partial charge in [-0.1, -0.05) is 74.4 Å². The molecule has 0 aromatic heterocycles. The van der Waals surface area contributed by atoms with E-state index in [1.807, 2.05) is 69.3 Å². The molecule has 35 heavy (non-hydrogen) atoms. The Balaban J connectivity index is 1.85. The Labute approximate surface area is 208 Å². The molecule has 0 radical (unpaired) electrons. The van der Waals surface area contributed by atoms with Crippen LogP contribution >= 0.6 is 0 Å². The second-order valence-electron chi connectivity index (χ2n) is 9.87. The number of benzene rings is 2. The smallest absolute Gasteiger partial charge is 0.408 e. The van der Waals surface area contributed by atoms with E-state index < -0.39 is 23.7 Å². The van der Waals surface area contributed by atoms with Crippen molar-refractivity contribution in [2.24, 2.45) is 5.92 Å². The van der Waals surface area contributed by atoms with E-state index in [-0.39, 0.29) is 24.9 Å². The molecule has 0 aliphatic heterocycles. The van der Waals surface area contributed by atoms with Gasteiger partial charge in [-0.05, 0) is 50.3 Å². The van der Waals surface area contributed by atoms with Crippen LogP contribution in [0.5, 0.6) is 0 Å². The van der Waals surface area contributed by atoms with Gasteiger partial charge in [0.05, 0.1) is 6.42 Å². The fraction of sp³-hybridized carbons (Fsp3) is 0.464. The largest absolute Gasteiger partial charge is 0.459 e. The summed E-state index contributed by atoms with van der Waals surface area (Å²) in [5.74, 6) is -0.685. The fourth-order valence-corrected chi connectivity index (χ4v) is 3.26. The minimum absolute atomic E-state index is 0.0608. The first-order chi connectivity index (χ1) is 16.5. The van der Waals surface area contributed by atoms with Crippen molar-refractivity contribution < 1.29 is 23.9 Å². The first-order valence-corrected chi connectivity index (χ1v) is 12.0. The maximum absolute atomic E-state index is 12.7. The molecule has 2 amide bonds. The Bertz CT molecular complexity index is 978. The van der Waals surface area contributed by atoms with Crippen molar-refractivity contribution in [2.75, 3.05) is 0 Å². The van der Waals surface area contributed by atoms with Crippen LogP contribution in [0.3, 0.4) is 0 Å². The topological polar surface area (TPSA) is 93.7 Å². The minimum atomic E-state index is -0.800. The van der Waals surface area contributed by atoms with E-state index in [1.54, 1.807) is 20.8 Å². The standard InChI is InChI=1S/C28H38N2O5/c1-7-20(3)25(30-27(33)35-28(4,5)6)26(32)34-18-23-14-12-21(13-15-23)16-24(31)29-17-22-10-8-19(2)9-11-22/h8-15,20,25H,7,16-18H2,1-6H3,(H,29,31)(H,30,33)/t20-,25-/m0/s1. The Morgan fingerprint density at radius 3 is 2.06 bits per heavy atom. The molecule has 190 valence electrons. The molecular weight excluding hydrogens is 444 g/mol. The van der Waals surface area contributed by atoms with Gasteiger partial charge in [0.15, 0.2) is 0 Å². The average molecular weight is 483 g/mol. The van der Waals surface area contributed by atoms with Gasteiger partial charge in [-0.2, -0.15) is 0 Å². The first-order valence-electron chi connectivity index (χ1n) is 12.0. The Hall–Kier alpha value is -3.35. The van der Waals surface area contributed by atoms with Gasteiger partial charge in [0.1, 0.15) is 18.2 Å². The molecule has 0 aliphatic carbocycles. The molecule has 0 fully saturated rings. The lowest BCUT2D eigenvalue weighted by molar-refractivity contribution is -0.149. The van der Waals surface area contributed by atoms with E-state index in [9.17, 15) is 14.4 Å². The zero-order valence-corrected chi connectivity index (χ0v) is 21.6. The van der Waals surface area contributed by atoms with E-state index >= 15 is 0 Å². The van der Waals surface area contributed by atoms with Crippen molar-refractivity contribution in [1.29, 1.82) is 0 Å². The third kappa shape index (κ3) is 10.2. The number of carbonyl (C=O) groups excluding carboxylic acids is 3. The number of nitrogens with one attached hydrogen (secondary N) is 2. The molecule has 0 unspecified atom stereocenters. The molecular formula is C28H38N2O5. The van der Waals surface area contributed by atoms with E-state index in [1.165, 1.54) is 5.56 Å². The van der Waals surface area contributed by atoms with Crippen LogP contribution in [0.25, 0.3) is 0 Å². The van der Waals surface area contributed by atoms with Gasteiger partial charge >= 0.3 is 12.1 Å². The maximum Gasteiger partial charge on any atom is 0.408 e. The normalized spacial score (nSPS) is 12.9. The lowest BCUT2D eigenvalue weighted by Crippen LogP contribution is -2.47. The van der Waals surface area contributed by atoms with Gasteiger partial charge in [0.2, 0.25) is 5.91 Å². The number of esters is 1. The van der Waals surface area contributed by atoms with Gasteiger partial charge < -0.3 is 20.1 Å². The van der Waals surface area contributed by atoms with Crippen LogP contribution in [0.2, 0.25) is 0 Å². The quantitative estimate of drug-likeness (QED) is 0.473. The molecule has 0 saturated heterocycles. The summed E-state index contributed by atoms with van der Waals surface area (Å²) in [4.78, 5) is 37.1. The van der Waals surface area contributed by atoms with Gasteiger partial charge in [0.25, 0.3) is 0 Å². The Kier molecular flexibility index (Phi) is 10.3. The Morgan fingerprint density at radius 2 is 1.49 bits per heavy atom. The van der Waals surface area contributed by atoms with Crippen LogP contribution in [0.15, 0.2) is 48.5 Å². The number of rotatable bonds is 10. The van der Waals surface area contributed by atoms with Gasteiger partial charge in [-0.3, -0.25) is 4.79 Å². The minimum Gasteiger partial charge on any atom is -0.459 e. The number of hydrogen-bond donors (Lipinski definition) is 2. The predicted octanol–water partition coefficient (Wildman–Crippen LogP) is 4.84. The molecule has 0 bridgehead atoms. The predicted molar refractivity (Wildman–Crippen MR) is 136 cm³/mol. The van der Waals surface area contributed by atoms with Crippen LogP contribution < -0.4 is 10.6 Å². The number of amides is 2. The highest BCUT2D eigenvalue weighted by Gasteiger charge is 2.29. The van der Waals surface area contributed by atoms with Crippen molar-refractivity contribution in [3.8, 4) is 0 Å². The molecule has 2 rings (SSSR count). The molecule has 2 aromatic rings. The molecule has 0 aliphatic rings. The SMILES string of the molecule is CC[C@H](C)[C@H](NC(=O)OC(C)(C)C)C(=O)OCc1ccc(CC(=O)NCc2ccc(C)cc2)cc1. The first kappa shape index (κ1) is 27.9. The van der Waals surface area contributed by atoms with Crippen molar-refractivity contribution >= 4 is 18.0 Å². The summed E-state index contributed by atoms with van der Waals surface area (Å²) in [5.41, 5.74) is 3.24. The highest BCUT2D eigenvalue weighted by atomic mass is 16.6. The number of hydrogen-bond acceptors (Lipinski definition) is 5. The molecule has 0 heterocycles. The van der Waals surface area contributed by atoms with Crippen LogP contribution in [0.4, 0.5) is 4.79 Å². The van der Waals surface area contributed by atoms with Crippen molar-refractivity contribution in [1.82, 2.24) is 10.6 Å². The highest BCUT2D eigenvalue weighted by Crippen LogP contribution is 2.14. The van der Waals surface area contributed by atoms with Crippen LogP contribution in [-0.2, 0) is 38.6 Å². The third-order valence-electron chi connectivity index (χ3n) is 5.52. The summed E-state index contributed by atoms with van der Waals surface area (Å²) >= 11 is 0. The number of aryl methyl sites for hydroxylation is 1. The van der Waals surface area contributed by atoms with E-state index in [0.717, 1.165) is 16.7 Å². The molecule has 7 heteroatoms. The van der Waals surface area contributed by atoms with E-state index in [0.29, 0.717) is 13.0 Å². The van der Waals surface area contributed by atoms with Gasteiger partial charge in [-0.25, -0.2) is 9.59 Å². The van der Waals surface area contributed by atoms with Crippen LogP contribution in [-0.4, -0.2) is 29.6 Å². The second-order valence-corrected chi connectivity index (χ2v) is 9.87. The molecule has 2 atom stereocenters. The molecule has 0 spiro atoms. The van der Waals surface area contributed by atoms with E-state index in [2.05, 4.69) is 10.6 Å². The van der Waals surface area contributed by atoms with Crippen LogP contribution in [0.1, 0.15) is 63.3 Å². The lowest BCUT2D eigenvalue weighted by atomic mass is 9.99. The van der Waals surface area contributed by atoms with Crippen LogP contribution in [0, 0.1) is 12.8 Å². The molecule has 7 nitrogen and oxygen atoms in total. The van der Waals surface area contributed by atoms with Crippen molar-refractivity contribution in [2.45, 2.75) is 79.2 Å². The van der Waals surface area contributed by atoms with Crippen molar-refractivity contribution in [3.05, 3.63) is 70.8 Å².